The third kappa shape index (κ3) is 6.13. The molecule has 0 heterocycles. The Hall–Kier alpha value is -3.23. The van der Waals surface area contributed by atoms with E-state index in [2.05, 4.69) is 10.0 Å². The number of anilines is 1. The Morgan fingerprint density at radius 3 is 2.20 bits per heavy atom. The number of nitro groups is 1. The number of hydrogen-bond acceptors (Lipinski definition) is 5. The Morgan fingerprint density at radius 2 is 1.57 bits per heavy atom. The van der Waals surface area contributed by atoms with Crippen molar-refractivity contribution < 1.29 is 13.3 Å². The first-order valence-corrected chi connectivity index (χ1v) is 11.3. The molecule has 2 N–H and O–H groups in total. The molecule has 0 aromatic heterocycles. The van der Waals surface area contributed by atoms with Crippen LogP contribution in [0.25, 0.3) is 0 Å². The second-order valence-electron chi connectivity index (χ2n) is 7.01. The highest BCUT2D eigenvalue weighted by Crippen LogP contribution is 2.24. The zero-order valence-electron chi connectivity index (χ0n) is 16.5. The zero-order valence-corrected chi connectivity index (χ0v) is 17.4. The van der Waals surface area contributed by atoms with E-state index in [4.69, 9.17) is 0 Å². The highest BCUT2D eigenvalue weighted by molar-refractivity contribution is 7.92. The molecule has 0 aliphatic rings. The summed E-state index contributed by atoms with van der Waals surface area (Å²) in [6.45, 7) is 0.938. The summed E-state index contributed by atoms with van der Waals surface area (Å²) in [6, 6.07) is 21.9. The standard InChI is InChI=1S/C22H23N3O4S/c1-30(28,29)24-22-9-5-8-19(14-17-6-3-2-4-7-17)21(22)16-23-15-18-10-12-20(13-11-18)25(26)27/h2-13,23-24H,14-16H2,1H3. The lowest BCUT2D eigenvalue weighted by Gasteiger charge is -2.16. The van der Waals surface area contributed by atoms with Gasteiger partial charge in [-0.15, -0.1) is 0 Å². The lowest BCUT2D eigenvalue weighted by Crippen LogP contribution is -2.18. The minimum absolute atomic E-state index is 0.0478. The van der Waals surface area contributed by atoms with Crippen LogP contribution in [0.5, 0.6) is 0 Å². The summed E-state index contributed by atoms with van der Waals surface area (Å²) < 4.78 is 26.2. The Bertz CT molecular complexity index is 1110. The molecule has 0 saturated carbocycles. The monoisotopic (exact) mass is 425 g/mol. The van der Waals surface area contributed by atoms with Crippen LogP contribution in [0.3, 0.4) is 0 Å². The maximum absolute atomic E-state index is 11.8. The minimum Gasteiger partial charge on any atom is -0.309 e. The van der Waals surface area contributed by atoms with Gasteiger partial charge in [-0.3, -0.25) is 14.8 Å². The minimum atomic E-state index is -3.42. The van der Waals surface area contributed by atoms with Crippen LogP contribution in [-0.2, 0) is 29.5 Å². The van der Waals surface area contributed by atoms with Gasteiger partial charge in [-0.1, -0.05) is 54.6 Å². The summed E-state index contributed by atoms with van der Waals surface area (Å²) >= 11 is 0. The first kappa shape index (κ1) is 21.5. The van der Waals surface area contributed by atoms with E-state index in [1.807, 2.05) is 42.5 Å². The molecule has 156 valence electrons. The van der Waals surface area contributed by atoms with Crippen molar-refractivity contribution >= 4 is 21.4 Å². The number of nitro benzene ring substituents is 1. The molecule has 3 rings (SSSR count). The van der Waals surface area contributed by atoms with Crippen molar-refractivity contribution in [3.05, 3.63) is 105 Å². The Morgan fingerprint density at radius 1 is 0.867 bits per heavy atom. The normalized spacial score (nSPS) is 11.2. The Balaban J connectivity index is 1.80. The van der Waals surface area contributed by atoms with E-state index in [9.17, 15) is 18.5 Å². The molecule has 30 heavy (non-hydrogen) atoms. The summed E-state index contributed by atoms with van der Waals surface area (Å²) in [5.41, 5.74) is 4.51. The first-order chi connectivity index (χ1) is 14.3. The molecule has 3 aromatic rings. The average Bonchev–Trinajstić information content (AvgIpc) is 2.70. The molecular weight excluding hydrogens is 402 g/mol. The fourth-order valence-electron chi connectivity index (χ4n) is 3.19. The zero-order chi connectivity index (χ0) is 21.6. The van der Waals surface area contributed by atoms with Crippen LogP contribution in [0, 0.1) is 10.1 Å². The molecular formula is C22H23N3O4S. The SMILES string of the molecule is CS(=O)(=O)Nc1cccc(Cc2ccccc2)c1CNCc1ccc([N+](=O)[O-])cc1. The Labute approximate surface area is 176 Å². The molecule has 3 aromatic carbocycles. The molecule has 0 spiro atoms. The third-order valence-corrected chi connectivity index (χ3v) is 5.17. The number of non-ortho nitro benzene ring substituents is 1. The number of nitrogens with zero attached hydrogens (tertiary/aromatic N) is 1. The summed E-state index contributed by atoms with van der Waals surface area (Å²) in [5, 5.41) is 14.1. The van der Waals surface area contributed by atoms with Gasteiger partial charge in [0.1, 0.15) is 0 Å². The van der Waals surface area contributed by atoms with E-state index in [-0.39, 0.29) is 5.69 Å². The van der Waals surface area contributed by atoms with Crippen LogP contribution >= 0.6 is 0 Å². The van der Waals surface area contributed by atoms with Crippen molar-refractivity contribution in [2.45, 2.75) is 19.5 Å². The number of benzene rings is 3. The van der Waals surface area contributed by atoms with Crippen molar-refractivity contribution in [2.24, 2.45) is 0 Å². The van der Waals surface area contributed by atoms with Gasteiger partial charge in [0.2, 0.25) is 10.0 Å². The van der Waals surface area contributed by atoms with E-state index in [1.165, 1.54) is 12.1 Å². The van der Waals surface area contributed by atoms with Crippen LogP contribution < -0.4 is 10.0 Å². The van der Waals surface area contributed by atoms with Crippen molar-refractivity contribution in [1.82, 2.24) is 5.32 Å². The molecule has 0 saturated heterocycles. The largest absolute Gasteiger partial charge is 0.309 e. The summed E-state index contributed by atoms with van der Waals surface area (Å²) in [6.07, 6.45) is 1.81. The average molecular weight is 426 g/mol. The van der Waals surface area contributed by atoms with Gasteiger partial charge < -0.3 is 5.32 Å². The van der Waals surface area contributed by atoms with Gasteiger partial charge >= 0.3 is 0 Å². The van der Waals surface area contributed by atoms with Gasteiger partial charge in [-0.05, 0) is 34.7 Å². The fourth-order valence-corrected chi connectivity index (χ4v) is 3.78. The molecule has 0 aliphatic heterocycles. The molecule has 0 bridgehead atoms. The van der Waals surface area contributed by atoms with E-state index in [0.29, 0.717) is 25.2 Å². The van der Waals surface area contributed by atoms with Crippen LogP contribution in [-0.4, -0.2) is 19.6 Å². The predicted octanol–water partition coefficient (Wildman–Crippen LogP) is 3.85. The van der Waals surface area contributed by atoms with Crippen LogP contribution in [0.1, 0.15) is 22.3 Å². The van der Waals surface area contributed by atoms with E-state index >= 15 is 0 Å². The molecule has 0 unspecified atom stereocenters. The van der Waals surface area contributed by atoms with E-state index in [0.717, 1.165) is 28.5 Å². The van der Waals surface area contributed by atoms with Gasteiger partial charge in [0.15, 0.2) is 0 Å². The van der Waals surface area contributed by atoms with Crippen LogP contribution in [0.15, 0.2) is 72.8 Å². The molecule has 8 heteroatoms. The molecule has 0 aliphatic carbocycles. The van der Waals surface area contributed by atoms with Gasteiger partial charge in [0.25, 0.3) is 5.69 Å². The first-order valence-electron chi connectivity index (χ1n) is 9.38. The molecule has 7 nitrogen and oxygen atoms in total. The quantitative estimate of drug-likeness (QED) is 0.401. The van der Waals surface area contributed by atoms with Gasteiger partial charge in [0, 0.05) is 25.2 Å². The lowest BCUT2D eigenvalue weighted by atomic mass is 9.98. The van der Waals surface area contributed by atoms with E-state index < -0.39 is 14.9 Å². The Kier molecular flexibility index (Phi) is 6.81. The van der Waals surface area contributed by atoms with Crippen LogP contribution in [0.2, 0.25) is 0 Å². The van der Waals surface area contributed by atoms with Crippen LogP contribution in [0.4, 0.5) is 11.4 Å². The highest BCUT2D eigenvalue weighted by atomic mass is 32.2. The maximum Gasteiger partial charge on any atom is 0.269 e. The van der Waals surface area contributed by atoms with Gasteiger partial charge in [-0.25, -0.2) is 8.42 Å². The maximum atomic E-state index is 11.8. The number of sulfonamides is 1. The van der Waals surface area contributed by atoms with Crippen molar-refractivity contribution in [1.29, 1.82) is 0 Å². The summed E-state index contributed by atoms with van der Waals surface area (Å²) in [5.74, 6) is 0. The van der Waals surface area contributed by atoms with Gasteiger partial charge in [-0.2, -0.15) is 0 Å². The van der Waals surface area contributed by atoms with Gasteiger partial charge in [0.05, 0.1) is 16.9 Å². The van der Waals surface area contributed by atoms with Crippen molar-refractivity contribution in [3.63, 3.8) is 0 Å². The van der Waals surface area contributed by atoms with Crippen molar-refractivity contribution in [3.8, 4) is 0 Å². The summed E-state index contributed by atoms with van der Waals surface area (Å²) in [4.78, 5) is 10.4. The number of nitrogens with one attached hydrogen (secondary N) is 2. The topological polar surface area (TPSA) is 101 Å². The van der Waals surface area contributed by atoms with Crippen molar-refractivity contribution in [2.75, 3.05) is 11.0 Å². The fraction of sp³-hybridized carbons (Fsp3) is 0.182. The lowest BCUT2D eigenvalue weighted by molar-refractivity contribution is -0.384. The molecule has 0 amide bonds. The number of rotatable bonds is 9. The molecule has 0 atom stereocenters. The molecule has 0 radical (unpaired) electrons. The third-order valence-electron chi connectivity index (χ3n) is 4.58. The second-order valence-corrected chi connectivity index (χ2v) is 8.76. The highest BCUT2D eigenvalue weighted by Gasteiger charge is 2.12. The predicted molar refractivity (Wildman–Crippen MR) is 118 cm³/mol. The number of hydrogen-bond donors (Lipinski definition) is 2. The van der Waals surface area contributed by atoms with E-state index in [1.54, 1.807) is 18.2 Å². The molecule has 0 fully saturated rings. The second kappa shape index (κ2) is 9.51. The smallest absolute Gasteiger partial charge is 0.269 e. The summed E-state index contributed by atoms with van der Waals surface area (Å²) in [7, 11) is -3.42.